The third-order valence-electron chi connectivity index (χ3n) is 2.66. The molecule has 0 bridgehead atoms. The Morgan fingerprint density at radius 3 is 2.57 bits per heavy atom. The monoisotopic (exact) mass is 291 g/mol. The lowest BCUT2D eigenvalue weighted by Gasteiger charge is -2.22. The molecule has 0 aliphatic carbocycles. The van der Waals surface area contributed by atoms with Crippen molar-refractivity contribution >= 4 is 6.09 Å². The van der Waals surface area contributed by atoms with Crippen LogP contribution in [0.5, 0.6) is 0 Å². The van der Waals surface area contributed by atoms with Gasteiger partial charge in [-0.2, -0.15) is 0 Å². The van der Waals surface area contributed by atoms with E-state index in [1.54, 1.807) is 0 Å². The van der Waals surface area contributed by atoms with Gasteiger partial charge < -0.3 is 15.2 Å². The number of carbonyl (C=O) groups excluding carboxylic acids is 1. The van der Waals surface area contributed by atoms with Crippen LogP contribution in [0.1, 0.15) is 32.8 Å². The first-order chi connectivity index (χ1) is 9.90. The van der Waals surface area contributed by atoms with Gasteiger partial charge in [0.2, 0.25) is 0 Å². The van der Waals surface area contributed by atoms with Crippen LogP contribution in [0.4, 0.5) is 4.79 Å². The molecule has 116 valence electrons. The zero-order valence-electron chi connectivity index (χ0n) is 13.0. The van der Waals surface area contributed by atoms with Crippen LogP contribution in [-0.2, 0) is 11.2 Å². The summed E-state index contributed by atoms with van der Waals surface area (Å²) < 4.78 is 5.28. The molecule has 1 aromatic carbocycles. The highest BCUT2D eigenvalue weighted by molar-refractivity contribution is 5.68. The maximum atomic E-state index is 11.9. The number of nitrogens with one attached hydrogen (secondary N) is 1. The van der Waals surface area contributed by atoms with Gasteiger partial charge in [0.1, 0.15) is 5.60 Å². The second-order valence-electron chi connectivity index (χ2n) is 5.88. The summed E-state index contributed by atoms with van der Waals surface area (Å²) in [5.74, 6) is 0. The van der Waals surface area contributed by atoms with Crippen molar-refractivity contribution in [1.29, 1.82) is 0 Å². The maximum Gasteiger partial charge on any atom is 0.408 e. The first kappa shape index (κ1) is 17.2. The molecule has 4 heteroatoms. The number of amides is 1. The lowest BCUT2D eigenvalue weighted by Crippen LogP contribution is -2.39. The fraction of sp³-hybridized carbons (Fsp3) is 0.471. The van der Waals surface area contributed by atoms with E-state index >= 15 is 0 Å². The maximum absolute atomic E-state index is 11.9. The van der Waals surface area contributed by atoms with Gasteiger partial charge in [0, 0.05) is 6.61 Å². The summed E-state index contributed by atoms with van der Waals surface area (Å²) >= 11 is 0. The van der Waals surface area contributed by atoms with E-state index in [4.69, 9.17) is 9.84 Å². The number of hydrogen-bond donors (Lipinski definition) is 2. The Labute approximate surface area is 126 Å². The smallest absolute Gasteiger partial charge is 0.408 e. The molecule has 0 aliphatic heterocycles. The normalized spacial score (nSPS) is 13.1. The minimum atomic E-state index is -0.518. The number of aliphatic hydroxyl groups excluding tert-OH is 1. The molecule has 1 rings (SSSR count). The molecule has 1 atom stereocenters. The zero-order valence-corrected chi connectivity index (χ0v) is 13.0. The molecule has 0 aromatic heterocycles. The van der Waals surface area contributed by atoms with Crippen molar-refractivity contribution in [1.82, 2.24) is 5.32 Å². The Bertz CT molecular complexity index is 449. The number of benzene rings is 1. The average Bonchev–Trinajstić information content (AvgIpc) is 2.37. The van der Waals surface area contributed by atoms with Crippen molar-refractivity contribution in [3.8, 4) is 0 Å². The lowest BCUT2D eigenvalue weighted by atomic mass is 10.1. The summed E-state index contributed by atoms with van der Waals surface area (Å²) in [6.07, 6.45) is 4.58. The summed E-state index contributed by atoms with van der Waals surface area (Å²) in [7, 11) is 0. The molecule has 1 amide bonds. The molecule has 0 heterocycles. The molecule has 4 nitrogen and oxygen atoms in total. The van der Waals surface area contributed by atoms with Crippen LogP contribution in [0.25, 0.3) is 0 Å². The number of alkyl carbamates (subject to hydrolysis) is 1. The van der Waals surface area contributed by atoms with Gasteiger partial charge in [0.05, 0.1) is 6.04 Å². The molecule has 1 aromatic rings. The van der Waals surface area contributed by atoms with E-state index in [-0.39, 0.29) is 12.6 Å². The Kier molecular flexibility index (Phi) is 6.96. The minimum Gasteiger partial charge on any atom is -0.444 e. The number of aliphatic hydroxyl groups is 1. The van der Waals surface area contributed by atoms with Crippen LogP contribution >= 0.6 is 0 Å². The quantitative estimate of drug-likeness (QED) is 0.792. The highest BCUT2D eigenvalue weighted by Crippen LogP contribution is 2.09. The zero-order chi connectivity index (χ0) is 15.7. The minimum absolute atomic E-state index is 0.0982. The van der Waals surface area contributed by atoms with E-state index in [1.165, 1.54) is 0 Å². The van der Waals surface area contributed by atoms with Crippen molar-refractivity contribution in [3.05, 3.63) is 48.0 Å². The van der Waals surface area contributed by atoms with Gasteiger partial charge in [0.25, 0.3) is 0 Å². The second kappa shape index (κ2) is 8.47. The van der Waals surface area contributed by atoms with E-state index in [2.05, 4.69) is 5.32 Å². The number of ether oxygens (including phenoxy) is 1. The summed E-state index contributed by atoms with van der Waals surface area (Å²) in [4.78, 5) is 11.9. The SMILES string of the molecule is CC(C)(C)OC(=O)N[C@H](/C=C/CCO)Cc1ccccc1. The predicted octanol–water partition coefficient (Wildman–Crippen LogP) is 3.06. The van der Waals surface area contributed by atoms with Gasteiger partial charge in [0.15, 0.2) is 0 Å². The number of hydrogen-bond acceptors (Lipinski definition) is 3. The van der Waals surface area contributed by atoms with Crippen LogP contribution in [0, 0.1) is 0 Å². The number of rotatable bonds is 6. The van der Waals surface area contributed by atoms with Gasteiger partial charge in [-0.15, -0.1) is 0 Å². The standard InChI is InChI=1S/C17H25NO3/c1-17(2,3)21-16(20)18-15(11-7-8-12-19)13-14-9-5-4-6-10-14/h4-7,9-11,15,19H,8,12-13H2,1-3H3,(H,18,20)/b11-7+/t15-/m1/s1. The lowest BCUT2D eigenvalue weighted by molar-refractivity contribution is 0.0514. The molecule has 21 heavy (non-hydrogen) atoms. The van der Waals surface area contributed by atoms with Crippen LogP contribution in [0.3, 0.4) is 0 Å². The Balaban J connectivity index is 2.66. The average molecular weight is 291 g/mol. The molecule has 0 fully saturated rings. The van der Waals surface area contributed by atoms with E-state index < -0.39 is 11.7 Å². The van der Waals surface area contributed by atoms with Crippen LogP contribution in [0.15, 0.2) is 42.5 Å². The van der Waals surface area contributed by atoms with Crippen LogP contribution < -0.4 is 5.32 Å². The Morgan fingerprint density at radius 1 is 1.33 bits per heavy atom. The Morgan fingerprint density at radius 2 is 2.00 bits per heavy atom. The van der Waals surface area contributed by atoms with Gasteiger partial charge in [-0.25, -0.2) is 4.79 Å². The molecule has 0 saturated heterocycles. The summed E-state index contributed by atoms with van der Waals surface area (Å²) in [6, 6.07) is 9.78. The van der Waals surface area contributed by atoms with Crippen molar-refractivity contribution in [3.63, 3.8) is 0 Å². The highest BCUT2D eigenvalue weighted by Gasteiger charge is 2.18. The largest absolute Gasteiger partial charge is 0.444 e. The molecule has 0 spiro atoms. The van der Waals surface area contributed by atoms with E-state index in [0.29, 0.717) is 12.8 Å². The summed E-state index contributed by atoms with van der Waals surface area (Å²) in [5, 5.41) is 11.7. The number of carbonyl (C=O) groups is 1. The molecule has 0 radical (unpaired) electrons. The van der Waals surface area contributed by atoms with Gasteiger partial charge in [-0.05, 0) is 39.2 Å². The summed E-state index contributed by atoms with van der Waals surface area (Å²) in [5.41, 5.74) is 0.614. The summed E-state index contributed by atoms with van der Waals surface area (Å²) in [6.45, 7) is 5.60. The fourth-order valence-electron chi connectivity index (χ4n) is 1.83. The van der Waals surface area contributed by atoms with Crippen molar-refractivity contribution < 1.29 is 14.6 Å². The van der Waals surface area contributed by atoms with E-state index in [0.717, 1.165) is 5.56 Å². The van der Waals surface area contributed by atoms with Crippen molar-refractivity contribution in [2.24, 2.45) is 0 Å². The molecule has 2 N–H and O–H groups in total. The third kappa shape index (κ3) is 8.15. The predicted molar refractivity (Wildman–Crippen MR) is 84.1 cm³/mol. The third-order valence-corrected chi connectivity index (χ3v) is 2.66. The molecular formula is C17H25NO3. The van der Waals surface area contributed by atoms with Gasteiger partial charge in [-0.1, -0.05) is 42.5 Å². The van der Waals surface area contributed by atoms with Gasteiger partial charge in [-0.3, -0.25) is 0 Å². The van der Waals surface area contributed by atoms with Gasteiger partial charge >= 0.3 is 6.09 Å². The molecule has 0 aliphatic rings. The molecular weight excluding hydrogens is 266 g/mol. The van der Waals surface area contributed by atoms with Crippen LogP contribution in [0.2, 0.25) is 0 Å². The fourth-order valence-corrected chi connectivity index (χ4v) is 1.83. The first-order valence-corrected chi connectivity index (χ1v) is 7.21. The highest BCUT2D eigenvalue weighted by atomic mass is 16.6. The topological polar surface area (TPSA) is 58.6 Å². The second-order valence-corrected chi connectivity index (χ2v) is 5.88. The van der Waals surface area contributed by atoms with E-state index in [1.807, 2.05) is 63.3 Å². The van der Waals surface area contributed by atoms with Crippen molar-refractivity contribution in [2.75, 3.05) is 6.61 Å². The van der Waals surface area contributed by atoms with Crippen LogP contribution in [-0.4, -0.2) is 29.4 Å². The van der Waals surface area contributed by atoms with Crippen molar-refractivity contribution in [2.45, 2.75) is 45.3 Å². The first-order valence-electron chi connectivity index (χ1n) is 7.21. The van der Waals surface area contributed by atoms with E-state index in [9.17, 15) is 4.79 Å². The Hall–Kier alpha value is -1.81. The molecule has 0 saturated carbocycles. The molecule has 0 unspecified atom stereocenters.